The molecule has 0 amide bonds. The second-order valence-electron chi connectivity index (χ2n) is 7.17. The Hall–Kier alpha value is -3.36. The molecule has 4 heterocycles. The number of aromatic nitrogens is 2. The second kappa shape index (κ2) is 8.17. The number of ether oxygens (including phenoxy) is 2. The van der Waals surface area contributed by atoms with Crippen LogP contribution in [0.3, 0.4) is 0 Å². The van der Waals surface area contributed by atoms with Crippen LogP contribution < -0.4 is 10.1 Å². The smallest absolute Gasteiger partial charge is 0.155 e. The molecule has 0 saturated carbocycles. The fourth-order valence-electron chi connectivity index (χ4n) is 3.64. The SMILES string of the molecule is O/N=c1\cc(-c2cc3cccn3cn2)oc2ccc(OCCN3CCOCC3)cc12. The molecule has 8 nitrogen and oxygen atoms in total. The van der Waals surface area contributed by atoms with Crippen molar-refractivity contribution in [2.75, 3.05) is 39.5 Å². The normalized spacial score (nSPS) is 15.8. The Morgan fingerprint density at radius 1 is 1.13 bits per heavy atom. The van der Waals surface area contributed by atoms with Gasteiger partial charge in [0.2, 0.25) is 0 Å². The molecule has 1 aliphatic rings. The summed E-state index contributed by atoms with van der Waals surface area (Å²) in [5, 5.41) is 14.1. The molecular weight excluding hydrogens is 384 g/mol. The summed E-state index contributed by atoms with van der Waals surface area (Å²) in [6.45, 7) is 4.82. The van der Waals surface area contributed by atoms with E-state index in [9.17, 15) is 5.21 Å². The van der Waals surface area contributed by atoms with Crippen molar-refractivity contribution in [1.29, 1.82) is 0 Å². The van der Waals surface area contributed by atoms with Crippen molar-refractivity contribution < 1.29 is 19.1 Å². The Balaban J connectivity index is 1.40. The van der Waals surface area contributed by atoms with Crippen molar-refractivity contribution in [3.05, 3.63) is 60.3 Å². The van der Waals surface area contributed by atoms with Crippen molar-refractivity contribution in [1.82, 2.24) is 14.3 Å². The molecule has 3 aromatic heterocycles. The van der Waals surface area contributed by atoms with Crippen molar-refractivity contribution in [3.8, 4) is 17.2 Å². The summed E-state index contributed by atoms with van der Waals surface area (Å²) in [7, 11) is 0. The van der Waals surface area contributed by atoms with Crippen LogP contribution in [0.4, 0.5) is 0 Å². The van der Waals surface area contributed by atoms with Gasteiger partial charge in [0.15, 0.2) is 5.76 Å². The molecule has 154 valence electrons. The van der Waals surface area contributed by atoms with Crippen LogP contribution in [-0.2, 0) is 4.74 Å². The highest BCUT2D eigenvalue weighted by Gasteiger charge is 2.12. The van der Waals surface area contributed by atoms with Gasteiger partial charge in [0.05, 0.1) is 24.9 Å². The van der Waals surface area contributed by atoms with Crippen LogP contribution in [-0.4, -0.2) is 58.9 Å². The molecule has 30 heavy (non-hydrogen) atoms. The maximum atomic E-state index is 9.58. The Kier molecular flexibility index (Phi) is 5.08. The first-order chi connectivity index (χ1) is 14.8. The maximum absolute atomic E-state index is 9.58. The van der Waals surface area contributed by atoms with Crippen LogP contribution in [0.15, 0.2) is 64.6 Å². The minimum atomic E-state index is 0.405. The molecule has 0 spiro atoms. The van der Waals surface area contributed by atoms with E-state index < -0.39 is 0 Å². The van der Waals surface area contributed by atoms with Gasteiger partial charge in [-0.3, -0.25) is 4.90 Å². The van der Waals surface area contributed by atoms with Crippen LogP contribution in [0.1, 0.15) is 0 Å². The van der Waals surface area contributed by atoms with Gasteiger partial charge in [0, 0.05) is 37.4 Å². The van der Waals surface area contributed by atoms with Gasteiger partial charge >= 0.3 is 0 Å². The summed E-state index contributed by atoms with van der Waals surface area (Å²) in [6, 6.07) is 13.1. The first-order valence-corrected chi connectivity index (χ1v) is 9.92. The van der Waals surface area contributed by atoms with Gasteiger partial charge in [0.1, 0.15) is 29.0 Å². The van der Waals surface area contributed by atoms with E-state index in [2.05, 4.69) is 15.0 Å². The number of hydrogen-bond donors (Lipinski definition) is 1. The highest BCUT2D eigenvalue weighted by atomic mass is 16.5. The highest BCUT2D eigenvalue weighted by Crippen LogP contribution is 2.24. The predicted octanol–water partition coefficient (Wildman–Crippen LogP) is 2.75. The van der Waals surface area contributed by atoms with E-state index in [-0.39, 0.29) is 0 Å². The third-order valence-corrected chi connectivity index (χ3v) is 5.27. The van der Waals surface area contributed by atoms with E-state index >= 15 is 0 Å². The lowest BCUT2D eigenvalue weighted by atomic mass is 10.2. The van der Waals surface area contributed by atoms with Crippen LogP contribution in [0.2, 0.25) is 0 Å². The third-order valence-electron chi connectivity index (χ3n) is 5.27. The molecule has 1 N–H and O–H groups in total. The second-order valence-corrected chi connectivity index (χ2v) is 7.17. The van der Waals surface area contributed by atoms with E-state index in [1.54, 1.807) is 12.4 Å². The monoisotopic (exact) mass is 406 g/mol. The molecule has 0 atom stereocenters. The largest absolute Gasteiger partial charge is 0.492 e. The van der Waals surface area contributed by atoms with Crippen molar-refractivity contribution in [2.45, 2.75) is 0 Å². The standard InChI is InChI=1S/C22H22N4O4/c27-24-19-14-22(20-12-16-2-1-5-26(16)15-23-20)30-21-4-3-17(13-18(19)21)29-11-8-25-6-9-28-10-7-25/h1-5,12-15,27H,6-11H2/b24-19+. The first-order valence-electron chi connectivity index (χ1n) is 9.92. The molecule has 0 bridgehead atoms. The number of rotatable bonds is 5. The number of benzene rings is 1. The van der Waals surface area contributed by atoms with E-state index in [0.29, 0.717) is 40.1 Å². The topological polar surface area (TPSA) is 84.7 Å². The van der Waals surface area contributed by atoms with Gasteiger partial charge in [-0.05, 0) is 36.4 Å². The minimum absolute atomic E-state index is 0.405. The number of hydrogen-bond acceptors (Lipinski definition) is 7. The fourth-order valence-corrected chi connectivity index (χ4v) is 3.64. The average molecular weight is 406 g/mol. The molecule has 1 aliphatic heterocycles. The lowest BCUT2D eigenvalue weighted by Gasteiger charge is -2.26. The van der Waals surface area contributed by atoms with Crippen molar-refractivity contribution >= 4 is 16.5 Å². The molecule has 5 rings (SSSR count). The molecule has 0 radical (unpaired) electrons. The average Bonchev–Trinajstić information content (AvgIpc) is 3.27. The molecule has 1 saturated heterocycles. The lowest BCUT2D eigenvalue weighted by Crippen LogP contribution is -2.38. The minimum Gasteiger partial charge on any atom is -0.492 e. The zero-order valence-corrected chi connectivity index (χ0v) is 16.4. The van der Waals surface area contributed by atoms with Gasteiger partial charge < -0.3 is 23.5 Å². The summed E-state index contributed by atoms with van der Waals surface area (Å²) >= 11 is 0. The number of nitrogens with zero attached hydrogens (tertiary/aromatic N) is 4. The van der Waals surface area contributed by atoms with Crippen molar-refractivity contribution in [3.63, 3.8) is 0 Å². The summed E-state index contributed by atoms with van der Waals surface area (Å²) in [6.07, 6.45) is 3.66. The van der Waals surface area contributed by atoms with Gasteiger partial charge in [-0.15, -0.1) is 0 Å². The van der Waals surface area contributed by atoms with Crippen molar-refractivity contribution in [2.24, 2.45) is 5.16 Å². The summed E-state index contributed by atoms with van der Waals surface area (Å²) < 4.78 is 19.2. The van der Waals surface area contributed by atoms with Gasteiger partial charge in [-0.1, -0.05) is 5.16 Å². The van der Waals surface area contributed by atoms with Gasteiger partial charge in [-0.25, -0.2) is 4.98 Å². The first kappa shape index (κ1) is 18.7. The predicted molar refractivity (Wildman–Crippen MR) is 111 cm³/mol. The third kappa shape index (κ3) is 3.74. The van der Waals surface area contributed by atoms with E-state index in [4.69, 9.17) is 13.9 Å². The Morgan fingerprint density at radius 2 is 2.03 bits per heavy atom. The van der Waals surface area contributed by atoms with Crippen LogP contribution >= 0.6 is 0 Å². The fraction of sp³-hybridized carbons (Fsp3) is 0.273. The Labute approximate surface area is 172 Å². The highest BCUT2D eigenvalue weighted by molar-refractivity contribution is 5.80. The van der Waals surface area contributed by atoms with Crippen LogP contribution in [0.25, 0.3) is 27.9 Å². The van der Waals surface area contributed by atoms with E-state index in [1.807, 2.05) is 47.0 Å². The number of fused-ring (bicyclic) bond motifs is 2. The molecule has 0 unspecified atom stereocenters. The molecule has 0 aliphatic carbocycles. The van der Waals surface area contributed by atoms with E-state index in [0.717, 1.165) is 38.4 Å². The zero-order valence-electron chi connectivity index (χ0n) is 16.4. The quantitative estimate of drug-likeness (QED) is 0.405. The van der Waals surface area contributed by atoms with Gasteiger partial charge in [-0.2, -0.15) is 0 Å². The lowest BCUT2D eigenvalue weighted by molar-refractivity contribution is 0.0322. The Bertz CT molecular complexity index is 1240. The molecule has 4 aromatic rings. The maximum Gasteiger partial charge on any atom is 0.155 e. The summed E-state index contributed by atoms with van der Waals surface area (Å²) in [5.74, 6) is 1.23. The number of morpholine rings is 1. The van der Waals surface area contributed by atoms with E-state index in [1.165, 1.54) is 0 Å². The Morgan fingerprint density at radius 3 is 2.90 bits per heavy atom. The summed E-state index contributed by atoms with van der Waals surface area (Å²) in [4.78, 5) is 6.76. The zero-order chi connectivity index (χ0) is 20.3. The molecule has 8 heteroatoms. The van der Waals surface area contributed by atoms with Crippen LogP contribution in [0, 0.1) is 0 Å². The molecule has 1 aromatic carbocycles. The molecular formula is C22H22N4O4. The van der Waals surface area contributed by atoms with Gasteiger partial charge in [0.25, 0.3) is 0 Å². The summed E-state index contributed by atoms with van der Waals surface area (Å²) in [5.41, 5.74) is 2.26. The molecule has 1 fully saturated rings. The van der Waals surface area contributed by atoms with Crippen LogP contribution in [0.5, 0.6) is 5.75 Å².